The predicted octanol–water partition coefficient (Wildman–Crippen LogP) is 1.25. The molecule has 1 unspecified atom stereocenters. The molecule has 1 atom stereocenters. The summed E-state index contributed by atoms with van der Waals surface area (Å²) in [5.41, 5.74) is 1.25. The van der Waals surface area contributed by atoms with Crippen LogP contribution in [-0.2, 0) is 30.2 Å². The third-order valence-electron chi connectivity index (χ3n) is 6.29. The molecule has 33 heavy (non-hydrogen) atoms. The summed E-state index contributed by atoms with van der Waals surface area (Å²) in [5.74, 6) is 0.515. The summed E-state index contributed by atoms with van der Waals surface area (Å²) < 4.78 is 9.55. The first-order valence-corrected chi connectivity index (χ1v) is 11.6. The zero-order valence-corrected chi connectivity index (χ0v) is 20.6. The van der Waals surface area contributed by atoms with Crippen molar-refractivity contribution in [3.8, 4) is 0 Å². The smallest absolute Gasteiger partial charge is 0.332 e. The number of esters is 1. The molecule has 1 aliphatic rings. The highest BCUT2D eigenvalue weighted by Crippen LogP contribution is 2.25. The van der Waals surface area contributed by atoms with Gasteiger partial charge in [0.05, 0.1) is 13.0 Å². The maximum atomic E-state index is 13.0. The van der Waals surface area contributed by atoms with Gasteiger partial charge in [0.25, 0.3) is 5.56 Å². The second-order valence-electron chi connectivity index (χ2n) is 8.96. The molecule has 0 radical (unpaired) electrons. The number of fused-ring (bicyclic) bond motifs is 1. The van der Waals surface area contributed by atoms with Gasteiger partial charge in [0, 0.05) is 46.3 Å². The van der Waals surface area contributed by atoms with Crippen LogP contribution in [0.25, 0.3) is 11.2 Å². The van der Waals surface area contributed by atoms with E-state index in [-0.39, 0.29) is 23.3 Å². The molecule has 0 aliphatic carbocycles. The molecule has 1 aliphatic heterocycles. The molecule has 0 aromatic carbocycles. The number of ether oxygens (including phenoxy) is 1. The maximum absolute atomic E-state index is 13.0. The molecule has 3 rings (SSSR count). The monoisotopic (exact) mass is 460 g/mol. The Kier molecular flexibility index (Phi) is 7.78. The first-order valence-electron chi connectivity index (χ1n) is 11.6. The standard InChI is InChI=1S/C23H36N6O4/c1-7-33-18(30)11-13-25(4)17-9-8-12-28(15-17)22-24-20-19(29(22)14-10-16(2)3)21(31)27(6)23(32)26(20)5/h10,17H,7-9,11-15H2,1-6H3. The van der Waals surface area contributed by atoms with Gasteiger partial charge in [0.2, 0.25) is 5.95 Å². The first kappa shape index (κ1) is 24.8. The van der Waals surface area contributed by atoms with Crippen LogP contribution in [0.15, 0.2) is 21.2 Å². The number of aryl methyl sites for hydroxylation is 1. The van der Waals surface area contributed by atoms with Crippen LogP contribution in [0.3, 0.4) is 0 Å². The molecular formula is C23H36N6O4. The molecule has 1 fully saturated rings. The lowest BCUT2D eigenvalue weighted by Crippen LogP contribution is -2.48. The molecule has 0 spiro atoms. The van der Waals surface area contributed by atoms with Gasteiger partial charge >= 0.3 is 11.7 Å². The summed E-state index contributed by atoms with van der Waals surface area (Å²) in [6.45, 7) is 8.90. The largest absolute Gasteiger partial charge is 0.466 e. The lowest BCUT2D eigenvalue weighted by atomic mass is 10.0. The Morgan fingerprint density at radius 3 is 2.64 bits per heavy atom. The van der Waals surface area contributed by atoms with Crippen LogP contribution in [0.4, 0.5) is 5.95 Å². The average Bonchev–Trinajstić information content (AvgIpc) is 3.18. The first-order chi connectivity index (χ1) is 15.6. The summed E-state index contributed by atoms with van der Waals surface area (Å²) >= 11 is 0. The SMILES string of the molecule is CCOC(=O)CCN(C)C1CCCN(c2nc3c(c(=O)n(C)c(=O)n3C)n2CC=C(C)C)C1. The number of nitrogens with zero attached hydrogens (tertiary/aromatic N) is 6. The number of allylic oxidation sites excluding steroid dienone is 2. The topological polar surface area (TPSA) is 94.6 Å². The molecule has 2 aromatic heterocycles. The highest BCUT2D eigenvalue weighted by molar-refractivity contribution is 5.74. The van der Waals surface area contributed by atoms with Crippen molar-refractivity contribution in [2.45, 2.75) is 52.6 Å². The van der Waals surface area contributed by atoms with E-state index in [9.17, 15) is 14.4 Å². The molecule has 0 saturated carbocycles. The Balaban J connectivity index is 1.96. The summed E-state index contributed by atoms with van der Waals surface area (Å²) in [6, 6.07) is 0.247. The molecule has 1 saturated heterocycles. The van der Waals surface area contributed by atoms with Crippen molar-refractivity contribution in [3.63, 3.8) is 0 Å². The highest BCUT2D eigenvalue weighted by Gasteiger charge is 2.28. The molecule has 10 nitrogen and oxygen atoms in total. The molecule has 0 bridgehead atoms. The van der Waals surface area contributed by atoms with E-state index < -0.39 is 0 Å². The van der Waals surface area contributed by atoms with E-state index in [0.717, 1.165) is 36.1 Å². The number of rotatable bonds is 8. The van der Waals surface area contributed by atoms with E-state index in [4.69, 9.17) is 9.72 Å². The van der Waals surface area contributed by atoms with Gasteiger partial charge in [-0.15, -0.1) is 0 Å². The minimum absolute atomic E-state index is 0.183. The Morgan fingerprint density at radius 2 is 1.97 bits per heavy atom. The summed E-state index contributed by atoms with van der Waals surface area (Å²) in [6.07, 6.45) is 4.40. The molecule has 10 heteroatoms. The van der Waals surface area contributed by atoms with Gasteiger partial charge in [0.1, 0.15) is 0 Å². The van der Waals surface area contributed by atoms with Crippen LogP contribution < -0.4 is 16.1 Å². The number of anilines is 1. The van der Waals surface area contributed by atoms with Gasteiger partial charge in [-0.1, -0.05) is 11.6 Å². The van der Waals surface area contributed by atoms with E-state index in [1.165, 1.54) is 11.6 Å². The number of carbonyl (C=O) groups excluding carboxylic acids is 1. The summed E-state index contributed by atoms with van der Waals surface area (Å²) in [7, 11) is 5.17. The van der Waals surface area contributed by atoms with Crippen molar-refractivity contribution in [3.05, 3.63) is 32.5 Å². The van der Waals surface area contributed by atoms with Crippen LogP contribution >= 0.6 is 0 Å². The summed E-state index contributed by atoms with van der Waals surface area (Å²) in [5, 5.41) is 0. The summed E-state index contributed by atoms with van der Waals surface area (Å²) in [4.78, 5) is 46.5. The molecule has 2 aromatic rings. The molecular weight excluding hydrogens is 424 g/mol. The van der Waals surface area contributed by atoms with E-state index in [0.29, 0.717) is 43.2 Å². The Hall–Kier alpha value is -2.88. The number of imidazole rings is 1. The van der Waals surface area contributed by atoms with Gasteiger partial charge in [-0.3, -0.25) is 18.7 Å². The van der Waals surface area contributed by atoms with Crippen molar-refractivity contribution >= 4 is 23.1 Å². The van der Waals surface area contributed by atoms with Gasteiger partial charge in [0.15, 0.2) is 11.2 Å². The number of aromatic nitrogens is 4. The fourth-order valence-electron chi connectivity index (χ4n) is 4.30. The fourth-order valence-corrected chi connectivity index (χ4v) is 4.30. The van der Waals surface area contributed by atoms with Gasteiger partial charge < -0.3 is 19.1 Å². The van der Waals surface area contributed by atoms with E-state index in [2.05, 4.69) is 15.9 Å². The molecule has 182 valence electrons. The van der Waals surface area contributed by atoms with E-state index in [1.54, 1.807) is 7.05 Å². The Labute approximate surface area is 194 Å². The van der Waals surface area contributed by atoms with E-state index in [1.807, 2.05) is 32.4 Å². The van der Waals surface area contributed by atoms with Crippen LogP contribution in [0.1, 0.15) is 40.0 Å². The number of piperidine rings is 1. The quantitative estimate of drug-likeness (QED) is 0.432. The average molecular weight is 461 g/mol. The van der Waals surface area contributed by atoms with Crippen molar-refractivity contribution < 1.29 is 9.53 Å². The number of carbonyl (C=O) groups is 1. The van der Waals surface area contributed by atoms with Crippen molar-refractivity contribution in [1.29, 1.82) is 0 Å². The van der Waals surface area contributed by atoms with Crippen LogP contribution in [0, 0.1) is 0 Å². The van der Waals surface area contributed by atoms with Crippen molar-refractivity contribution in [2.75, 3.05) is 38.2 Å². The normalized spacial score (nSPS) is 16.5. The second-order valence-corrected chi connectivity index (χ2v) is 8.96. The second kappa shape index (κ2) is 10.4. The molecule has 0 N–H and O–H groups in total. The number of hydrogen-bond donors (Lipinski definition) is 0. The minimum Gasteiger partial charge on any atom is -0.466 e. The number of likely N-dealkylation sites (N-methyl/N-ethyl adjacent to an activating group) is 1. The zero-order valence-electron chi connectivity index (χ0n) is 20.6. The molecule has 0 amide bonds. The minimum atomic E-state index is -0.388. The lowest BCUT2D eigenvalue weighted by molar-refractivity contribution is -0.143. The van der Waals surface area contributed by atoms with Gasteiger partial charge in [-0.05, 0) is 40.7 Å². The number of hydrogen-bond acceptors (Lipinski definition) is 7. The van der Waals surface area contributed by atoms with Crippen molar-refractivity contribution in [2.24, 2.45) is 14.1 Å². The third kappa shape index (κ3) is 5.21. The Morgan fingerprint density at radius 1 is 1.24 bits per heavy atom. The van der Waals surface area contributed by atoms with Crippen LogP contribution in [0.5, 0.6) is 0 Å². The zero-order chi connectivity index (χ0) is 24.3. The third-order valence-corrected chi connectivity index (χ3v) is 6.29. The van der Waals surface area contributed by atoms with Crippen LogP contribution in [0.2, 0.25) is 0 Å². The van der Waals surface area contributed by atoms with Crippen LogP contribution in [-0.4, -0.2) is 68.9 Å². The van der Waals surface area contributed by atoms with E-state index >= 15 is 0 Å². The predicted molar refractivity (Wildman–Crippen MR) is 129 cm³/mol. The van der Waals surface area contributed by atoms with Gasteiger partial charge in [-0.2, -0.15) is 4.98 Å². The highest BCUT2D eigenvalue weighted by atomic mass is 16.5. The lowest BCUT2D eigenvalue weighted by Gasteiger charge is -2.38. The fraction of sp³-hybridized carbons (Fsp3) is 0.652. The van der Waals surface area contributed by atoms with Crippen molar-refractivity contribution in [1.82, 2.24) is 23.6 Å². The van der Waals surface area contributed by atoms with Gasteiger partial charge in [-0.25, -0.2) is 4.79 Å². The Bertz CT molecular complexity index is 1150. The maximum Gasteiger partial charge on any atom is 0.332 e. The molecule has 3 heterocycles.